The Morgan fingerprint density at radius 3 is 1.87 bits per heavy atom. The lowest BCUT2D eigenvalue weighted by Gasteiger charge is -2.16. The molecule has 0 saturated heterocycles. The molecular formula is C41H25N5S. The topological polar surface area (TPSA) is 86.4 Å². The molecule has 0 atom stereocenters. The fraction of sp³-hybridized carbons (Fsp3) is 0. The highest BCUT2D eigenvalue weighted by molar-refractivity contribution is 7.25. The summed E-state index contributed by atoms with van der Waals surface area (Å²) in [5.74, 6) is 1.74. The van der Waals surface area contributed by atoms with Gasteiger partial charge in [0.2, 0.25) is 0 Å². The predicted octanol–water partition coefficient (Wildman–Crippen LogP) is 10.5. The van der Waals surface area contributed by atoms with E-state index >= 15 is 0 Å². The largest absolute Gasteiger partial charge is 0.299 e. The smallest absolute Gasteiger partial charge is 0.164 e. The Balaban J connectivity index is 1.26. The van der Waals surface area contributed by atoms with Crippen LogP contribution in [-0.4, -0.2) is 26.4 Å². The van der Waals surface area contributed by atoms with Crippen LogP contribution in [0, 0.1) is 10.8 Å². The first-order chi connectivity index (χ1) is 23.1. The van der Waals surface area contributed by atoms with Crippen molar-refractivity contribution in [2.45, 2.75) is 0 Å². The van der Waals surface area contributed by atoms with Crippen molar-refractivity contribution >= 4 is 59.8 Å². The van der Waals surface area contributed by atoms with E-state index in [1.807, 2.05) is 60.7 Å². The van der Waals surface area contributed by atoms with E-state index in [0.717, 1.165) is 49.7 Å². The van der Waals surface area contributed by atoms with Crippen LogP contribution in [-0.2, 0) is 0 Å². The number of allylic oxidation sites excluding steroid dienone is 1. The first-order valence-corrected chi connectivity index (χ1v) is 16.2. The SMILES string of the molecule is N=C1C=Cc2ccc3ccc(-c4nc(-c5cccc(-c6ccccc6)c5)nc(-c5ccc6sc7ccccc7c6c5)n4)cc3c2C1=N. The average molecular weight is 620 g/mol. The second-order valence-corrected chi connectivity index (χ2v) is 12.7. The molecule has 9 rings (SSSR count). The molecule has 5 nitrogen and oxygen atoms in total. The van der Waals surface area contributed by atoms with Gasteiger partial charge in [0, 0.05) is 42.4 Å². The normalized spacial score (nSPS) is 12.7. The van der Waals surface area contributed by atoms with Gasteiger partial charge < -0.3 is 0 Å². The molecule has 8 aromatic rings. The summed E-state index contributed by atoms with van der Waals surface area (Å²) in [6.07, 6.45) is 3.59. The molecule has 2 N–H and O–H groups in total. The molecule has 0 saturated carbocycles. The van der Waals surface area contributed by atoms with Crippen LogP contribution in [0.15, 0.2) is 133 Å². The predicted molar refractivity (Wildman–Crippen MR) is 196 cm³/mol. The van der Waals surface area contributed by atoms with Crippen molar-refractivity contribution in [1.29, 1.82) is 10.8 Å². The third-order valence-corrected chi connectivity index (χ3v) is 9.91. The van der Waals surface area contributed by atoms with Gasteiger partial charge >= 0.3 is 0 Å². The third-order valence-electron chi connectivity index (χ3n) is 8.76. The number of nitrogens with one attached hydrogen (secondary N) is 2. The molecule has 2 heterocycles. The van der Waals surface area contributed by atoms with E-state index in [1.165, 1.54) is 20.2 Å². The number of benzene rings is 6. The maximum Gasteiger partial charge on any atom is 0.164 e. The summed E-state index contributed by atoms with van der Waals surface area (Å²) in [6.45, 7) is 0. The minimum Gasteiger partial charge on any atom is -0.299 e. The second-order valence-electron chi connectivity index (χ2n) is 11.6. The van der Waals surface area contributed by atoms with Crippen molar-refractivity contribution in [2.24, 2.45) is 0 Å². The standard InChI is InChI=1S/C41H25N5S/c42-34-19-17-26-15-13-25-14-16-29(22-32(25)37(26)38(34)43)40-44-39(28-10-6-9-27(21-28)24-7-2-1-3-8-24)45-41(46-40)30-18-20-36-33(23-30)31-11-4-5-12-35(31)47-36/h1-23,42-43H. The Hall–Kier alpha value is -6.11. The molecular weight excluding hydrogens is 595 g/mol. The average Bonchev–Trinajstić information content (AvgIpc) is 3.51. The summed E-state index contributed by atoms with van der Waals surface area (Å²) in [5.41, 5.74) is 6.97. The summed E-state index contributed by atoms with van der Waals surface area (Å²) in [7, 11) is 0. The molecule has 220 valence electrons. The monoisotopic (exact) mass is 619 g/mol. The van der Waals surface area contributed by atoms with Gasteiger partial charge in [0.05, 0.1) is 11.4 Å². The van der Waals surface area contributed by atoms with Crippen LogP contribution in [0.2, 0.25) is 0 Å². The highest BCUT2D eigenvalue weighted by atomic mass is 32.1. The number of aromatic nitrogens is 3. The molecule has 6 aromatic carbocycles. The fourth-order valence-corrected chi connectivity index (χ4v) is 7.47. The van der Waals surface area contributed by atoms with E-state index in [-0.39, 0.29) is 11.4 Å². The number of fused-ring (bicyclic) bond motifs is 6. The molecule has 0 bridgehead atoms. The van der Waals surface area contributed by atoms with Gasteiger partial charge in [-0.3, -0.25) is 10.8 Å². The maximum atomic E-state index is 8.71. The van der Waals surface area contributed by atoms with Gasteiger partial charge in [-0.2, -0.15) is 0 Å². The summed E-state index contributed by atoms with van der Waals surface area (Å²) in [6, 6.07) is 43.7. The van der Waals surface area contributed by atoms with Crippen LogP contribution in [0.4, 0.5) is 0 Å². The molecule has 0 unspecified atom stereocenters. The second kappa shape index (κ2) is 10.8. The van der Waals surface area contributed by atoms with Crippen molar-refractivity contribution in [1.82, 2.24) is 15.0 Å². The van der Waals surface area contributed by atoms with Crippen molar-refractivity contribution in [3.8, 4) is 45.3 Å². The van der Waals surface area contributed by atoms with Gasteiger partial charge in [-0.1, -0.05) is 97.1 Å². The van der Waals surface area contributed by atoms with Crippen LogP contribution in [0.1, 0.15) is 11.1 Å². The first kappa shape index (κ1) is 27.2. The Labute approximate surface area is 274 Å². The lowest BCUT2D eigenvalue weighted by molar-refractivity contribution is 1.08. The number of hydrogen-bond acceptors (Lipinski definition) is 6. The summed E-state index contributed by atoms with van der Waals surface area (Å²) in [5, 5.41) is 21.3. The number of hydrogen-bond donors (Lipinski definition) is 2. The quantitative estimate of drug-likeness (QED) is 0.205. The highest BCUT2D eigenvalue weighted by Gasteiger charge is 2.20. The molecule has 0 radical (unpaired) electrons. The zero-order chi connectivity index (χ0) is 31.5. The van der Waals surface area contributed by atoms with Crippen LogP contribution in [0.5, 0.6) is 0 Å². The molecule has 0 aliphatic heterocycles. The van der Waals surface area contributed by atoms with E-state index in [1.54, 1.807) is 17.4 Å². The van der Waals surface area contributed by atoms with Crippen molar-refractivity contribution < 1.29 is 0 Å². The van der Waals surface area contributed by atoms with E-state index in [0.29, 0.717) is 17.5 Å². The lowest BCUT2D eigenvalue weighted by Crippen LogP contribution is -2.16. The molecule has 2 aromatic heterocycles. The Bertz CT molecular complexity index is 2620. The van der Waals surface area contributed by atoms with Gasteiger partial charge in [0.25, 0.3) is 0 Å². The van der Waals surface area contributed by atoms with E-state index in [4.69, 9.17) is 25.8 Å². The van der Waals surface area contributed by atoms with Gasteiger partial charge in [-0.15, -0.1) is 11.3 Å². The lowest BCUT2D eigenvalue weighted by atomic mass is 9.88. The molecule has 0 spiro atoms. The fourth-order valence-electron chi connectivity index (χ4n) is 6.38. The summed E-state index contributed by atoms with van der Waals surface area (Å²) in [4.78, 5) is 15.2. The number of thiophene rings is 1. The Morgan fingerprint density at radius 1 is 0.447 bits per heavy atom. The maximum absolute atomic E-state index is 8.71. The van der Waals surface area contributed by atoms with Crippen LogP contribution in [0.3, 0.4) is 0 Å². The number of rotatable bonds is 4. The van der Waals surface area contributed by atoms with Crippen molar-refractivity contribution in [3.05, 3.63) is 145 Å². The minimum atomic E-state index is 0.204. The summed E-state index contributed by atoms with van der Waals surface area (Å²) >= 11 is 1.79. The van der Waals surface area contributed by atoms with Gasteiger partial charge in [0.15, 0.2) is 17.5 Å². The Morgan fingerprint density at radius 2 is 1.06 bits per heavy atom. The first-order valence-electron chi connectivity index (χ1n) is 15.4. The van der Waals surface area contributed by atoms with Crippen LogP contribution >= 0.6 is 11.3 Å². The van der Waals surface area contributed by atoms with Crippen LogP contribution < -0.4 is 0 Å². The molecule has 0 fully saturated rings. The minimum absolute atomic E-state index is 0.204. The number of nitrogens with zero attached hydrogens (tertiary/aromatic N) is 3. The van der Waals surface area contributed by atoms with E-state index in [9.17, 15) is 0 Å². The van der Waals surface area contributed by atoms with E-state index in [2.05, 4.69) is 72.8 Å². The van der Waals surface area contributed by atoms with Crippen LogP contribution in [0.25, 0.3) is 82.3 Å². The Kier molecular flexibility index (Phi) is 6.23. The zero-order valence-electron chi connectivity index (χ0n) is 25.0. The van der Waals surface area contributed by atoms with E-state index < -0.39 is 0 Å². The zero-order valence-corrected chi connectivity index (χ0v) is 25.8. The molecule has 6 heteroatoms. The molecule has 1 aliphatic carbocycles. The van der Waals surface area contributed by atoms with Crippen molar-refractivity contribution in [3.63, 3.8) is 0 Å². The highest BCUT2D eigenvalue weighted by Crippen LogP contribution is 2.37. The molecule has 47 heavy (non-hydrogen) atoms. The van der Waals surface area contributed by atoms with Gasteiger partial charge in [-0.25, -0.2) is 15.0 Å². The third kappa shape index (κ3) is 4.66. The van der Waals surface area contributed by atoms with Crippen molar-refractivity contribution in [2.75, 3.05) is 0 Å². The molecule has 0 amide bonds. The van der Waals surface area contributed by atoms with Gasteiger partial charge in [-0.05, 0) is 69.9 Å². The molecule has 1 aliphatic rings. The van der Waals surface area contributed by atoms with Gasteiger partial charge in [0.1, 0.15) is 0 Å². The summed E-state index contributed by atoms with van der Waals surface area (Å²) < 4.78 is 2.48.